The minimum Gasteiger partial charge on any atom is -0.493 e. The fourth-order valence-corrected chi connectivity index (χ4v) is 4.88. The first-order valence-corrected chi connectivity index (χ1v) is 11.6. The summed E-state index contributed by atoms with van der Waals surface area (Å²) in [7, 11) is 3.96. The van der Waals surface area contributed by atoms with Gasteiger partial charge in [0.15, 0.2) is 0 Å². The van der Waals surface area contributed by atoms with E-state index in [-0.39, 0.29) is 0 Å². The third-order valence-electron chi connectivity index (χ3n) is 5.81. The van der Waals surface area contributed by atoms with Crippen molar-refractivity contribution in [3.05, 3.63) is 46.6 Å². The Bertz CT molecular complexity index is 1070. The van der Waals surface area contributed by atoms with E-state index < -0.39 is 0 Å². The second-order valence-electron chi connectivity index (χ2n) is 8.39. The normalized spacial score (nSPS) is 16.3. The van der Waals surface area contributed by atoms with Crippen LogP contribution < -0.4 is 14.5 Å². The molecule has 4 heterocycles. The molecule has 2 aliphatic heterocycles. The number of hydrogen-bond acceptors (Lipinski definition) is 8. The number of rotatable bonds is 5. The maximum absolute atomic E-state index is 5.72. The molecule has 5 rings (SSSR count). The van der Waals surface area contributed by atoms with Crippen LogP contribution in [0.15, 0.2) is 29.6 Å². The highest BCUT2D eigenvalue weighted by Gasteiger charge is 2.21. The predicted octanol–water partition coefficient (Wildman–Crippen LogP) is 3.23. The highest BCUT2D eigenvalue weighted by Crippen LogP contribution is 2.32. The average Bonchev–Trinajstić information content (AvgIpc) is 3.42. The molecule has 2 aromatic heterocycles. The highest BCUT2D eigenvalue weighted by molar-refractivity contribution is 7.13. The van der Waals surface area contributed by atoms with Gasteiger partial charge in [0.25, 0.3) is 0 Å². The number of aryl methyl sites for hydroxylation is 1. The molecule has 0 bridgehead atoms. The lowest BCUT2D eigenvalue weighted by Gasteiger charge is -2.35. The van der Waals surface area contributed by atoms with E-state index in [1.54, 1.807) is 11.3 Å². The lowest BCUT2D eigenvalue weighted by Crippen LogP contribution is -2.46. The SMILES string of the molecule is Cc1cc(N2CCN(Cc3csc(-c4ccc5c(c4)OCC5)n3)CC2)nc(N(C)C)n1. The fraction of sp³-hybridized carbons (Fsp3) is 0.435. The van der Waals surface area contributed by atoms with Crippen molar-refractivity contribution >= 4 is 23.1 Å². The minimum atomic E-state index is 0.768. The van der Waals surface area contributed by atoms with E-state index in [0.29, 0.717) is 0 Å². The van der Waals surface area contributed by atoms with Gasteiger partial charge in [0.1, 0.15) is 16.6 Å². The Hall–Kier alpha value is -2.71. The molecule has 0 amide bonds. The number of benzene rings is 1. The smallest absolute Gasteiger partial charge is 0.226 e. The van der Waals surface area contributed by atoms with E-state index in [1.165, 1.54) is 5.56 Å². The van der Waals surface area contributed by atoms with Crippen LogP contribution in [-0.4, -0.2) is 66.7 Å². The van der Waals surface area contributed by atoms with Gasteiger partial charge in [-0.25, -0.2) is 9.97 Å². The molecule has 0 spiro atoms. The molecule has 0 N–H and O–H groups in total. The third kappa shape index (κ3) is 4.36. The van der Waals surface area contributed by atoms with E-state index in [9.17, 15) is 0 Å². The number of nitrogens with zero attached hydrogens (tertiary/aromatic N) is 6. The van der Waals surface area contributed by atoms with Crippen LogP contribution in [0.1, 0.15) is 17.0 Å². The Balaban J connectivity index is 1.21. The van der Waals surface area contributed by atoms with Gasteiger partial charge in [-0.3, -0.25) is 4.90 Å². The van der Waals surface area contributed by atoms with E-state index in [2.05, 4.69) is 44.4 Å². The van der Waals surface area contributed by atoms with E-state index in [0.717, 1.165) is 85.2 Å². The molecule has 1 saturated heterocycles. The molecule has 162 valence electrons. The summed E-state index contributed by atoms with van der Waals surface area (Å²) in [4.78, 5) is 20.9. The molecule has 2 aliphatic rings. The Morgan fingerprint density at radius 1 is 1.06 bits per heavy atom. The van der Waals surface area contributed by atoms with Crippen molar-refractivity contribution in [2.75, 3.05) is 56.7 Å². The van der Waals surface area contributed by atoms with Gasteiger partial charge in [-0.05, 0) is 18.6 Å². The van der Waals surface area contributed by atoms with Gasteiger partial charge in [0, 0.05) is 75.9 Å². The summed E-state index contributed by atoms with van der Waals surface area (Å²) in [6.07, 6.45) is 1.01. The van der Waals surface area contributed by atoms with Crippen molar-refractivity contribution in [3.8, 4) is 16.3 Å². The van der Waals surface area contributed by atoms with Crippen molar-refractivity contribution in [3.63, 3.8) is 0 Å². The van der Waals surface area contributed by atoms with Crippen LogP contribution in [0, 0.1) is 6.92 Å². The van der Waals surface area contributed by atoms with Gasteiger partial charge in [-0.2, -0.15) is 4.98 Å². The van der Waals surface area contributed by atoms with E-state index in [4.69, 9.17) is 14.7 Å². The molecule has 31 heavy (non-hydrogen) atoms. The zero-order chi connectivity index (χ0) is 21.4. The molecule has 3 aromatic rings. The molecule has 0 saturated carbocycles. The lowest BCUT2D eigenvalue weighted by atomic mass is 10.1. The number of fused-ring (bicyclic) bond motifs is 1. The Kier molecular flexibility index (Phi) is 5.50. The van der Waals surface area contributed by atoms with Gasteiger partial charge >= 0.3 is 0 Å². The summed E-state index contributed by atoms with van der Waals surface area (Å²) in [5.41, 5.74) is 4.60. The van der Waals surface area contributed by atoms with Crippen molar-refractivity contribution in [2.45, 2.75) is 19.9 Å². The molecule has 1 aromatic carbocycles. The van der Waals surface area contributed by atoms with E-state index in [1.807, 2.05) is 25.9 Å². The van der Waals surface area contributed by atoms with Gasteiger partial charge in [0.2, 0.25) is 5.95 Å². The molecular weight excluding hydrogens is 408 g/mol. The first-order chi connectivity index (χ1) is 15.0. The summed E-state index contributed by atoms with van der Waals surface area (Å²) in [5.74, 6) is 2.80. The third-order valence-corrected chi connectivity index (χ3v) is 6.75. The minimum absolute atomic E-state index is 0.768. The fourth-order valence-electron chi connectivity index (χ4n) is 4.07. The number of aromatic nitrogens is 3. The zero-order valence-corrected chi connectivity index (χ0v) is 19.2. The van der Waals surface area contributed by atoms with Crippen molar-refractivity contribution in [2.24, 2.45) is 0 Å². The van der Waals surface area contributed by atoms with Crippen LogP contribution in [0.4, 0.5) is 11.8 Å². The molecule has 0 aliphatic carbocycles. The summed E-state index contributed by atoms with van der Waals surface area (Å²) < 4.78 is 5.72. The van der Waals surface area contributed by atoms with Crippen molar-refractivity contribution in [1.29, 1.82) is 0 Å². The van der Waals surface area contributed by atoms with Crippen molar-refractivity contribution < 1.29 is 4.74 Å². The first kappa shape index (κ1) is 20.2. The number of hydrogen-bond donors (Lipinski definition) is 0. The van der Waals surface area contributed by atoms with Gasteiger partial charge in [0.05, 0.1) is 12.3 Å². The molecule has 1 fully saturated rings. The number of piperazine rings is 1. The predicted molar refractivity (Wildman–Crippen MR) is 125 cm³/mol. The maximum Gasteiger partial charge on any atom is 0.226 e. The molecule has 0 radical (unpaired) electrons. The van der Waals surface area contributed by atoms with Crippen LogP contribution in [-0.2, 0) is 13.0 Å². The Labute approximate surface area is 187 Å². The quantitative estimate of drug-likeness (QED) is 0.609. The second kappa shape index (κ2) is 8.43. The number of thiazole rings is 1. The summed E-state index contributed by atoms with van der Waals surface area (Å²) in [5, 5.41) is 3.26. The molecular formula is C23H28N6OS. The summed E-state index contributed by atoms with van der Waals surface area (Å²) in [6, 6.07) is 8.56. The van der Waals surface area contributed by atoms with Crippen LogP contribution in [0.2, 0.25) is 0 Å². The second-order valence-corrected chi connectivity index (χ2v) is 9.25. The standard InChI is InChI=1S/C23H28N6OS/c1-16-12-21(26-23(24-16)27(2)3)29-9-7-28(8-10-29)14-19-15-31-22(25-19)18-5-4-17-6-11-30-20(17)13-18/h4-5,12-13,15H,6-11,14H2,1-3H3. The van der Waals surface area contributed by atoms with Gasteiger partial charge in [-0.15, -0.1) is 11.3 Å². The highest BCUT2D eigenvalue weighted by atomic mass is 32.1. The lowest BCUT2D eigenvalue weighted by molar-refractivity contribution is 0.247. The maximum atomic E-state index is 5.72. The van der Waals surface area contributed by atoms with Gasteiger partial charge < -0.3 is 14.5 Å². The van der Waals surface area contributed by atoms with Crippen LogP contribution in [0.5, 0.6) is 5.75 Å². The molecule has 8 heteroatoms. The summed E-state index contributed by atoms with van der Waals surface area (Å²) in [6.45, 7) is 7.63. The Morgan fingerprint density at radius 3 is 2.71 bits per heavy atom. The summed E-state index contributed by atoms with van der Waals surface area (Å²) >= 11 is 1.71. The number of ether oxygens (including phenoxy) is 1. The number of anilines is 2. The monoisotopic (exact) mass is 436 g/mol. The molecule has 0 unspecified atom stereocenters. The zero-order valence-electron chi connectivity index (χ0n) is 18.3. The van der Waals surface area contributed by atoms with Gasteiger partial charge in [-0.1, -0.05) is 12.1 Å². The van der Waals surface area contributed by atoms with Crippen molar-refractivity contribution in [1.82, 2.24) is 19.9 Å². The molecule has 0 atom stereocenters. The Morgan fingerprint density at radius 2 is 1.90 bits per heavy atom. The topological polar surface area (TPSA) is 57.6 Å². The van der Waals surface area contributed by atoms with Crippen LogP contribution >= 0.6 is 11.3 Å². The molecule has 7 nitrogen and oxygen atoms in total. The first-order valence-electron chi connectivity index (χ1n) is 10.8. The van der Waals surface area contributed by atoms with Crippen LogP contribution in [0.3, 0.4) is 0 Å². The average molecular weight is 437 g/mol. The largest absolute Gasteiger partial charge is 0.493 e. The van der Waals surface area contributed by atoms with Crippen LogP contribution in [0.25, 0.3) is 10.6 Å². The van der Waals surface area contributed by atoms with E-state index >= 15 is 0 Å².